The average molecular weight is 361 g/mol. The van der Waals surface area contributed by atoms with Gasteiger partial charge in [-0.05, 0) is 56.1 Å². The number of hydrogen-bond acceptors (Lipinski definition) is 5. The van der Waals surface area contributed by atoms with Gasteiger partial charge in [0, 0.05) is 19.3 Å². The van der Waals surface area contributed by atoms with Crippen LogP contribution >= 0.6 is 0 Å². The number of nitrogens with zero attached hydrogens (tertiary/aromatic N) is 1. The molecule has 1 aromatic rings. The zero-order valence-corrected chi connectivity index (χ0v) is 15.2. The maximum atomic E-state index is 12.6. The van der Waals surface area contributed by atoms with Gasteiger partial charge in [0.25, 0.3) is 0 Å². The normalized spacial score (nSPS) is 18.2. The molecule has 0 aliphatic carbocycles. The van der Waals surface area contributed by atoms with Gasteiger partial charge in [0.1, 0.15) is 0 Å². The summed E-state index contributed by atoms with van der Waals surface area (Å²) in [6.07, 6.45) is 2.78. The lowest BCUT2D eigenvalue weighted by Gasteiger charge is -2.31. The third-order valence-electron chi connectivity index (χ3n) is 4.15. The highest BCUT2D eigenvalue weighted by molar-refractivity contribution is 7.90. The highest BCUT2D eigenvalue weighted by atomic mass is 32.2. The van der Waals surface area contributed by atoms with Crippen LogP contribution < -0.4 is 5.32 Å². The van der Waals surface area contributed by atoms with E-state index in [0.717, 1.165) is 32.2 Å². The molecule has 1 saturated heterocycles. The molecule has 0 atom stereocenters. The van der Waals surface area contributed by atoms with Crippen LogP contribution in [0.15, 0.2) is 34.1 Å². The van der Waals surface area contributed by atoms with Crippen LogP contribution in [0.3, 0.4) is 0 Å². The molecular weight excluding hydrogens is 336 g/mol. The Morgan fingerprint density at radius 3 is 2.04 bits per heavy atom. The molecule has 23 heavy (non-hydrogen) atoms. The lowest BCUT2D eigenvalue weighted by molar-refractivity contribution is 0.268. The van der Waals surface area contributed by atoms with Gasteiger partial charge in [-0.3, -0.25) is 0 Å². The summed E-state index contributed by atoms with van der Waals surface area (Å²) in [6.45, 7) is 4.91. The van der Waals surface area contributed by atoms with Crippen LogP contribution in [0.25, 0.3) is 0 Å². The van der Waals surface area contributed by atoms with Crippen molar-refractivity contribution in [1.29, 1.82) is 0 Å². The number of sulfonamides is 1. The van der Waals surface area contributed by atoms with Crippen molar-refractivity contribution in [3.8, 4) is 0 Å². The first-order chi connectivity index (χ1) is 10.7. The molecule has 130 valence electrons. The van der Waals surface area contributed by atoms with Gasteiger partial charge >= 0.3 is 0 Å². The number of rotatable bonds is 6. The Balaban J connectivity index is 2.08. The van der Waals surface area contributed by atoms with Crippen LogP contribution in [0, 0.1) is 5.92 Å². The Labute approximate surface area is 138 Å². The minimum atomic E-state index is -3.55. The van der Waals surface area contributed by atoms with Crippen molar-refractivity contribution in [3.63, 3.8) is 0 Å². The van der Waals surface area contributed by atoms with Crippen LogP contribution in [-0.2, 0) is 19.9 Å². The topological polar surface area (TPSA) is 83.6 Å². The lowest BCUT2D eigenvalue weighted by Crippen LogP contribution is -2.40. The van der Waals surface area contributed by atoms with Crippen molar-refractivity contribution in [2.75, 3.05) is 32.4 Å². The molecule has 1 fully saturated rings. The second kappa shape index (κ2) is 7.29. The summed E-state index contributed by atoms with van der Waals surface area (Å²) in [5, 5.41) is 3.30. The standard InChI is InChI=1S/C15H24N2O4S2/c1-3-16-12-13-8-10-17(11-9-13)23(20,21)15-6-4-14(5-7-15)22(2,18)19/h4-7,13,16H,3,8-12H2,1-2H3. The molecule has 0 amide bonds. The van der Waals surface area contributed by atoms with E-state index in [4.69, 9.17) is 0 Å². The Bertz CT molecular complexity index is 719. The van der Waals surface area contributed by atoms with Crippen molar-refractivity contribution in [1.82, 2.24) is 9.62 Å². The predicted octanol–water partition coefficient (Wildman–Crippen LogP) is 1.10. The van der Waals surface area contributed by atoms with Crippen molar-refractivity contribution in [2.45, 2.75) is 29.6 Å². The van der Waals surface area contributed by atoms with E-state index in [1.165, 1.54) is 28.6 Å². The third kappa shape index (κ3) is 4.53. The molecule has 0 unspecified atom stereocenters. The van der Waals surface area contributed by atoms with Gasteiger partial charge in [-0.15, -0.1) is 0 Å². The highest BCUT2D eigenvalue weighted by Crippen LogP contribution is 2.24. The first kappa shape index (κ1) is 18.4. The van der Waals surface area contributed by atoms with Gasteiger partial charge < -0.3 is 5.32 Å². The molecule has 0 saturated carbocycles. The van der Waals surface area contributed by atoms with Crippen LogP contribution in [0.2, 0.25) is 0 Å². The summed E-state index contributed by atoms with van der Waals surface area (Å²) in [5.74, 6) is 0.508. The summed E-state index contributed by atoms with van der Waals surface area (Å²) < 4.78 is 49.7. The van der Waals surface area contributed by atoms with Crippen molar-refractivity contribution >= 4 is 19.9 Å². The van der Waals surface area contributed by atoms with E-state index in [0.29, 0.717) is 19.0 Å². The van der Waals surface area contributed by atoms with Gasteiger partial charge in [-0.1, -0.05) is 6.92 Å². The molecule has 0 spiro atoms. The van der Waals surface area contributed by atoms with Gasteiger partial charge in [0.15, 0.2) is 9.84 Å². The highest BCUT2D eigenvalue weighted by Gasteiger charge is 2.29. The monoisotopic (exact) mass is 360 g/mol. The smallest absolute Gasteiger partial charge is 0.243 e. The molecule has 1 heterocycles. The molecule has 1 N–H and O–H groups in total. The second-order valence-corrected chi connectivity index (χ2v) is 9.85. The Morgan fingerprint density at radius 1 is 1.04 bits per heavy atom. The zero-order valence-electron chi connectivity index (χ0n) is 13.5. The molecule has 1 aliphatic heterocycles. The van der Waals surface area contributed by atoms with Crippen LogP contribution in [0.1, 0.15) is 19.8 Å². The fourth-order valence-electron chi connectivity index (χ4n) is 2.71. The van der Waals surface area contributed by atoms with E-state index >= 15 is 0 Å². The Kier molecular flexibility index (Phi) is 5.83. The second-order valence-electron chi connectivity index (χ2n) is 5.90. The number of benzene rings is 1. The molecule has 0 aromatic heterocycles. The first-order valence-corrected chi connectivity index (χ1v) is 11.1. The van der Waals surface area contributed by atoms with E-state index in [2.05, 4.69) is 12.2 Å². The maximum absolute atomic E-state index is 12.6. The van der Waals surface area contributed by atoms with Crippen LogP contribution in [0.5, 0.6) is 0 Å². The quantitative estimate of drug-likeness (QED) is 0.821. The van der Waals surface area contributed by atoms with E-state index in [-0.39, 0.29) is 9.79 Å². The molecule has 1 aromatic carbocycles. The summed E-state index contributed by atoms with van der Waals surface area (Å²) in [5.41, 5.74) is 0. The van der Waals surface area contributed by atoms with E-state index < -0.39 is 19.9 Å². The third-order valence-corrected chi connectivity index (χ3v) is 7.19. The number of hydrogen-bond donors (Lipinski definition) is 1. The molecule has 0 bridgehead atoms. The Morgan fingerprint density at radius 2 is 1.57 bits per heavy atom. The fraction of sp³-hybridized carbons (Fsp3) is 0.600. The summed E-state index contributed by atoms with van der Waals surface area (Å²) >= 11 is 0. The minimum Gasteiger partial charge on any atom is -0.317 e. The van der Waals surface area contributed by atoms with Gasteiger partial charge in [0.2, 0.25) is 10.0 Å². The molecule has 6 nitrogen and oxygen atoms in total. The lowest BCUT2D eigenvalue weighted by atomic mass is 9.98. The van der Waals surface area contributed by atoms with Crippen molar-refractivity contribution in [2.24, 2.45) is 5.92 Å². The van der Waals surface area contributed by atoms with Crippen LogP contribution in [-0.4, -0.2) is 53.6 Å². The van der Waals surface area contributed by atoms with Gasteiger partial charge in [-0.25, -0.2) is 16.8 Å². The average Bonchev–Trinajstić information content (AvgIpc) is 2.52. The molecule has 1 aliphatic rings. The number of nitrogens with one attached hydrogen (secondary N) is 1. The molecule has 0 radical (unpaired) electrons. The van der Waals surface area contributed by atoms with Crippen LogP contribution in [0.4, 0.5) is 0 Å². The molecule has 2 rings (SSSR count). The van der Waals surface area contributed by atoms with E-state index in [1.54, 1.807) is 0 Å². The van der Waals surface area contributed by atoms with Crippen molar-refractivity contribution in [3.05, 3.63) is 24.3 Å². The minimum absolute atomic E-state index is 0.126. The van der Waals surface area contributed by atoms with E-state index in [9.17, 15) is 16.8 Å². The van der Waals surface area contributed by atoms with Crippen molar-refractivity contribution < 1.29 is 16.8 Å². The maximum Gasteiger partial charge on any atom is 0.243 e. The summed E-state index contributed by atoms with van der Waals surface area (Å²) in [6, 6.07) is 5.44. The number of piperidine rings is 1. The fourth-order valence-corrected chi connectivity index (χ4v) is 4.81. The Hall–Kier alpha value is -0.960. The largest absolute Gasteiger partial charge is 0.317 e. The van der Waals surface area contributed by atoms with E-state index in [1.807, 2.05) is 0 Å². The first-order valence-electron chi connectivity index (χ1n) is 7.76. The van der Waals surface area contributed by atoms with Gasteiger partial charge in [0.05, 0.1) is 9.79 Å². The summed E-state index contributed by atoms with van der Waals surface area (Å²) in [4.78, 5) is 0.274. The summed E-state index contributed by atoms with van der Waals surface area (Å²) in [7, 11) is -6.87. The molecule has 8 heteroatoms. The zero-order chi connectivity index (χ0) is 17.1. The SMILES string of the molecule is CCNCC1CCN(S(=O)(=O)c2ccc(S(C)(=O)=O)cc2)CC1. The van der Waals surface area contributed by atoms with Gasteiger partial charge in [-0.2, -0.15) is 4.31 Å². The predicted molar refractivity (Wildman–Crippen MR) is 89.6 cm³/mol. The number of sulfone groups is 1. The molecular formula is C15H24N2O4S2.